The Kier molecular flexibility index (Phi) is 5.85. The molecule has 0 atom stereocenters. The van der Waals surface area contributed by atoms with Crippen LogP contribution in [0, 0.1) is 17.0 Å². The van der Waals surface area contributed by atoms with Crippen LogP contribution in [-0.4, -0.2) is 56.1 Å². The average molecular weight is 445 g/mol. The molecule has 2 heterocycles. The summed E-state index contributed by atoms with van der Waals surface area (Å²) in [6.07, 6.45) is 0. The maximum absolute atomic E-state index is 12.7. The lowest BCUT2D eigenvalue weighted by atomic mass is 10.2. The second-order valence-electron chi connectivity index (χ2n) is 6.40. The summed E-state index contributed by atoms with van der Waals surface area (Å²) >= 11 is 1.39. The number of thiophene rings is 1. The Balaban J connectivity index is 1.80. The fourth-order valence-electron chi connectivity index (χ4n) is 3.05. The topological polar surface area (TPSA) is 101 Å². The maximum atomic E-state index is 12.7. The summed E-state index contributed by atoms with van der Waals surface area (Å²) in [5, 5.41) is 11.4. The van der Waals surface area contributed by atoms with Gasteiger partial charge in [0.1, 0.15) is 5.69 Å². The van der Waals surface area contributed by atoms with Crippen molar-refractivity contribution < 1.29 is 26.9 Å². The third-order valence-corrected chi connectivity index (χ3v) is 6.93. The van der Waals surface area contributed by atoms with E-state index in [9.17, 15) is 32.1 Å². The molecular weight excluding hydrogens is 428 g/mol. The number of hydrogen-bond donors (Lipinski definition) is 0. The van der Waals surface area contributed by atoms with Crippen molar-refractivity contribution in [3.63, 3.8) is 0 Å². The molecule has 156 valence electrons. The van der Waals surface area contributed by atoms with Crippen molar-refractivity contribution in [2.45, 2.75) is 17.6 Å². The highest BCUT2D eigenvalue weighted by atomic mass is 32.2. The van der Waals surface area contributed by atoms with Crippen molar-refractivity contribution in [2.24, 2.45) is 0 Å². The molecule has 1 aliphatic heterocycles. The van der Waals surface area contributed by atoms with Crippen LogP contribution in [0.5, 0.6) is 0 Å². The van der Waals surface area contributed by atoms with Gasteiger partial charge in [-0.15, -0.1) is 11.3 Å². The zero-order valence-corrected chi connectivity index (χ0v) is 16.9. The molecule has 1 saturated heterocycles. The minimum absolute atomic E-state index is 0.115. The van der Waals surface area contributed by atoms with Gasteiger partial charge in [0.15, 0.2) is 0 Å². The van der Waals surface area contributed by atoms with Crippen LogP contribution in [0.1, 0.15) is 14.5 Å². The van der Waals surface area contributed by atoms with Crippen LogP contribution >= 0.6 is 11.3 Å². The van der Waals surface area contributed by atoms with E-state index in [1.807, 2.05) is 13.0 Å². The van der Waals surface area contributed by atoms with Crippen molar-refractivity contribution in [1.29, 1.82) is 0 Å². The summed E-state index contributed by atoms with van der Waals surface area (Å²) in [4.78, 5) is 27.2. The first kappa shape index (κ1) is 21.1. The molecule has 1 aliphatic rings. The fraction of sp³-hybridized carbons (Fsp3) is 0.353. The number of anilines is 1. The van der Waals surface area contributed by atoms with Crippen molar-refractivity contribution in [3.05, 3.63) is 50.2 Å². The number of nitrogens with zero attached hydrogens (tertiary/aromatic N) is 3. The Morgan fingerprint density at radius 1 is 1.17 bits per heavy atom. The molecule has 3 rings (SSSR count). The number of piperazine rings is 1. The van der Waals surface area contributed by atoms with Crippen molar-refractivity contribution >= 4 is 38.5 Å². The predicted molar refractivity (Wildman–Crippen MR) is 103 cm³/mol. The minimum Gasteiger partial charge on any atom is -0.362 e. The predicted octanol–water partition coefficient (Wildman–Crippen LogP) is 2.92. The zero-order valence-electron chi connectivity index (χ0n) is 15.2. The number of nitro benzene ring substituents is 1. The van der Waals surface area contributed by atoms with E-state index >= 15 is 0 Å². The third-order valence-electron chi connectivity index (χ3n) is 4.57. The van der Waals surface area contributed by atoms with Gasteiger partial charge in [0, 0.05) is 37.1 Å². The molecule has 1 aromatic carbocycles. The second kappa shape index (κ2) is 8.03. The van der Waals surface area contributed by atoms with E-state index in [1.54, 1.807) is 15.9 Å². The lowest BCUT2D eigenvalue weighted by Gasteiger charge is -2.35. The summed E-state index contributed by atoms with van der Waals surface area (Å²) in [7, 11) is -4.94. The molecule has 2 aromatic rings. The Hall–Kier alpha value is -2.60. The molecular formula is C17H17F2N3O5S2. The smallest absolute Gasteiger partial charge is 0.341 e. The number of alkyl halides is 2. The van der Waals surface area contributed by atoms with E-state index in [4.69, 9.17) is 0 Å². The van der Waals surface area contributed by atoms with Crippen molar-refractivity contribution in [2.75, 3.05) is 31.1 Å². The number of halogens is 2. The highest BCUT2D eigenvalue weighted by Crippen LogP contribution is 2.33. The van der Waals surface area contributed by atoms with Gasteiger partial charge in [-0.1, -0.05) is 0 Å². The molecule has 1 fully saturated rings. The summed E-state index contributed by atoms with van der Waals surface area (Å²) < 4.78 is 48.7. The van der Waals surface area contributed by atoms with Crippen LogP contribution in [0.15, 0.2) is 35.2 Å². The Morgan fingerprint density at radius 3 is 2.34 bits per heavy atom. The van der Waals surface area contributed by atoms with E-state index in [0.29, 0.717) is 24.0 Å². The third kappa shape index (κ3) is 4.22. The Morgan fingerprint density at radius 2 is 1.83 bits per heavy atom. The second-order valence-corrected chi connectivity index (χ2v) is 9.61. The molecule has 1 aromatic heterocycles. The molecule has 0 unspecified atom stereocenters. The van der Waals surface area contributed by atoms with Crippen LogP contribution in [0.3, 0.4) is 0 Å². The van der Waals surface area contributed by atoms with E-state index in [2.05, 4.69) is 0 Å². The van der Waals surface area contributed by atoms with Gasteiger partial charge in [0.2, 0.25) is 9.84 Å². The van der Waals surface area contributed by atoms with Crippen LogP contribution in [-0.2, 0) is 9.84 Å². The number of nitro groups is 1. The van der Waals surface area contributed by atoms with Crippen LogP contribution in [0.2, 0.25) is 0 Å². The summed E-state index contributed by atoms with van der Waals surface area (Å²) in [6, 6.07) is 6.36. The van der Waals surface area contributed by atoms with Crippen LogP contribution < -0.4 is 4.90 Å². The van der Waals surface area contributed by atoms with Gasteiger partial charge >= 0.3 is 5.76 Å². The number of aryl methyl sites for hydroxylation is 1. The van der Waals surface area contributed by atoms with Crippen LogP contribution in [0.25, 0.3) is 0 Å². The lowest BCUT2D eigenvalue weighted by molar-refractivity contribution is -0.384. The molecule has 0 N–H and O–H groups in total. The van der Waals surface area contributed by atoms with Gasteiger partial charge in [0.25, 0.3) is 11.6 Å². The first-order valence-electron chi connectivity index (χ1n) is 8.52. The summed E-state index contributed by atoms with van der Waals surface area (Å²) in [5.41, 5.74) is -0.442. The summed E-state index contributed by atoms with van der Waals surface area (Å²) in [6.45, 7) is 3.13. The summed E-state index contributed by atoms with van der Waals surface area (Å²) in [5.74, 6) is -3.78. The highest BCUT2D eigenvalue weighted by molar-refractivity contribution is 7.91. The van der Waals surface area contributed by atoms with E-state index < -0.39 is 31.1 Å². The van der Waals surface area contributed by atoms with Gasteiger partial charge in [0.05, 0.1) is 14.7 Å². The van der Waals surface area contributed by atoms with Gasteiger partial charge in [-0.2, -0.15) is 8.78 Å². The average Bonchev–Trinajstić information content (AvgIpc) is 3.13. The first-order valence-corrected chi connectivity index (χ1v) is 10.9. The van der Waals surface area contributed by atoms with E-state index in [-0.39, 0.29) is 24.7 Å². The monoisotopic (exact) mass is 445 g/mol. The normalized spacial score (nSPS) is 15.0. The SMILES string of the molecule is Cc1ccc(C(=O)N2CCN(c3ccc(S(=O)(=O)C(F)F)cc3[N+](=O)[O-])CC2)s1. The fourth-order valence-corrected chi connectivity index (χ4v) is 4.63. The molecule has 8 nitrogen and oxygen atoms in total. The number of carbonyl (C=O) groups excluding carboxylic acids is 1. The quantitative estimate of drug-likeness (QED) is 0.518. The van der Waals surface area contributed by atoms with E-state index in [1.165, 1.54) is 11.3 Å². The number of benzene rings is 1. The number of amides is 1. The Bertz CT molecular complexity index is 1050. The lowest BCUT2D eigenvalue weighted by Crippen LogP contribution is -2.48. The molecule has 0 saturated carbocycles. The van der Waals surface area contributed by atoms with Crippen molar-refractivity contribution in [3.8, 4) is 0 Å². The van der Waals surface area contributed by atoms with Gasteiger partial charge in [-0.3, -0.25) is 14.9 Å². The zero-order chi connectivity index (χ0) is 21.3. The molecule has 12 heteroatoms. The highest BCUT2D eigenvalue weighted by Gasteiger charge is 2.32. The number of hydrogen-bond acceptors (Lipinski definition) is 7. The molecule has 1 amide bonds. The maximum Gasteiger partial charge on any atom is 0.341 e. The first-order chi connectivity index (χ1) is 13.6. The largest absolute Gasteiger partial charge is 0.362 e. The minimum atomic E-state index is -4.94. The van der Waals surface area contributed by atoms with Crippen LogP contribution in [0.4, 0.5) is 20.2 Å². The molecule has 0 aliphatic carbocycles. The van der Waals surface area contributed by atoms with Crippen molar-refractivity contribution in [1.82, 2.24) is 4.90 Å². The molecule has 0 spiro atoms. The van der Waals surface area contributed by atoms with Gasteiger partial charge < -0.3 is 9.80 Å². The van der Waals surface area contributed by atoms with Gasteiger partial charge in [-0.05, 0) is 31.2 Å². The number of rotatable bonds is 5. The number of carbonyl (C=O) groups is 1. The number of sulfone groups is 1. The molecule has 0 bridgehead atoms. The standard InChI is InChI=1S/C17H17F2N3O5S2/c1-11-2-5-15(28-11)16(23)21-8-6-20(7-9-21)13-4-3-12(10-14(13)22(24)25)29(26,27)17(18)19/h2-5,10,17H,6-9H2,1H3. The Labute approximate surface area is 169 Å². The van der Waals surface area contributed by atoms with Gasteiger partial charge in [-0.25, -0.2) is 8.42 Å². The molecule has 29 heavy (non-hydrogen) atoms. The molecule has 0 radical (unpaired) electrons. The van der Waals surface area contributed by atoms with E-state index in [0.717, 1.165) is 17.0 Å².